The molecule has 23 heavy (non-hydrogen) atoms. The molecule has 0 unspecified atom stereocenters. The number of anilines is 1. The predicted molar refractivity (Wildman–Crippen MR) is 92.4 cm³/mol. The molecule has 6 heteroatoms. The number of hydrogen-bond acceptors (Lipinski definition) is 2. The third kappa shape index (κ3) is 3.92. The van der Waals surface area contributed by atoms with Crippen LogP contribution in [0.5, 0.6) is 0 Å². The highest BCUT2D eigenvalue weighted by molar-refractivity contribution is 6.42. The Morgan fingerprint density at radius 2 is 1.83 bits per heavy atom. The van der Waals surface area contributed by atoms with Crippen molar-refractivity contribution in [1.82, 2.24) is 9.78 Å². The fourth-order valence-corrected chi connectivity index (χ4v) is 2.46. The first-order valence-corrected chi connectivity index (χ1v) is 7.72. The summed E-state index contributed by atoms with van der Waals surface area (Å²) < 4.78 is 1.70. The van der Waals surface area contributed by atoms with Crippen molar-refractivity contribution >= 4 is 34.9 Å². The summed E-state index contributed by atoms with van der Waals surface area (Å²) in [5.74, 6) is 0.334. The second kappa shape index (κ2) is 6.86. The highest BCUT2D eigenvalue weighted by Gasteiger charge is 2.08. The third-order valence-electron chi connectivity index (χ3n) is 3.23. The molecule has 116 valence electrons. The molecule has 3 rings (SSSR count). The summed E-state index contributed by atoms with van der Waals surface area (Å²) in [5.41, 5.74) is 1.72. The van der Waals surface area contributed by atoms with Crippen LogP contribution in [0.3, 0.4) is 0 Å². The van der Waals surface area contributed by atoms with E-state index in [-0.39, 0.29) is 12.3 Å². The summed E-state index contributed by atoms with van der Waals surface area (Å²) in [6.07, 6.45) is 2.00. The van der Waals surface area contributed by atoms with Crippen LogP contribution in [0.4, 0.5) is 5.82 Å². The molecule has 2 aromatic carbocycles. The van der Waals surface area contributed by atoms with Crippen LogP contribution in [-0.2, 0) is 11.2 Å². The molecular formula is C17H13Cl2N3O. The van der Waals surface area contributed by atoms with Crippen molar-refractivity contribution in [2.45, 2.75) is 6.42 Å². The minimum Gasteiger partial charge on any atom is -0.309 e. The van der Waals surface area contributed by atoms with E-state index in [1.165, 1.54) is 0 Å². The summed E-state index contributed by atoms with van der Waals surface area (Å²) in [7, 11) is 0. The minimum atomic E-state index is -0.165. The van der Waals surface area contributed by atoms with Gasteiger partial charge >= 0.3 is 0 Å². The van der Waals surface area contributed by atoms with Crippen LogP contribution in [-0.4, -0.2) is 15.7 Å². The molecule has 0 aliphatic heterocycles. The van der Waals surface area contributed by atoms with Gasteiger partial charge in [-0.25, -0.2) is 4.68 Å². The number of para-hydroxylation sites is 1. The molecular weight excluding hydrogens is 333 g/mol. The van der Waals surface area contributed by atoms with Gasteiger partial charge in [-0.1, -0.05) is 47.5 Å². The first kappa shape index (κ1) is 15.6. The van der Waals surface area contributed by atoms with Crippen LogP contribution in [0.2, 0.25) is 10.0 Å². The molecule has 1 amide bonds. The van der Waals surface area contributed by atoms with Crippen molar-refractivity contribution in [2.75, 3.05) is 5.32 Å². The third-order valence-corrected chi connectivity index (χ3v) is 3.97. The SMILES string of the molecule is O=C(Cc1ccc(Cl)c(Cl)c1)Nc1ccn(-c2ccccc2)n1. The highest BCUT2D eigenvalue weighted by atomic mass is 35.5. The number of aromatic nitrogens is 2. The van der Waals surface area contributed by atoms with Gasteiger partial charge < -0.3 is 5.32 Å². The van der Waals surface area contributed by atoms with Gasteiger partial charge in [0.25, 0.3) is 0 Å². The summed E-state index contributed by atoms with van der Waals surface area (Å²) in [6, 6.07) is 16.6. The summed E-state index contributed by atoms with van der Waals surface area (Å²) in [5, 5.41) is 8.00. The lowest BCUT2D eigenvalue weighted by molar-refractivity contribution is -0.115. The van der Waals surface area contributed by atoms with Gasteiger partial charge in [0, 0.05) is 12.3 Å². The second-order valence-electron chi connectivity index (χ2n) is 4.95. The van der Waals surface area contributed by atoms with Gasteiger partial charge in [0.1, 0.15) is 0 Å². The average molecular weight is 346 g/mol. The maximum Gasteiger partial charge on any atom is 0.229 e. The van der Waals surface area contributed by atoms with E-state index in [2.05, 4.69) is 10.4 Å². The van der Waals surface area contributed by atoms with Crippen LogP contribution in [0.15, 0.2) is 60.8 Å². The summed E-state index contributed by atoms with van der Waals surface area (Å²) >= 11 is 11.8. The average Bonchev–Trinajstić information content (AvgIpc) is 3.00. The number of hydrogen-bond donors (Lipinski definition) is 1. The normalized spacial score (nSPS) is 10.5. The second-order valence-corrected chi connectivity index (χ2v) is 5.77. The predicted octanol–water partition coefficient (Wildman–Crippen LogP) is 4.36. The Labute approximate surface area is 143 Å². The van der Waals surface area contributed by atoms with E-state index in [0.29, 0.717) is 15.9 Å². The molecule has 0 atom stereocenters. The fraction of sp³-hybridized carbons (Fsp3) is 0.0588. The van der Waals surface area contributed by atoms with E-state index in [0.717, 1.165) is 11.3 Å². The molecule has 1 aromatic heterocycles. The zero-order valence-corrected chi connectivity index (χ0v) is 13.6. The molecule has 0 aliphatic rings. The van der Waals surface area contributed by atoms with Crippen LogP contribution < -0.4 is 5.32 Å². The maximum atomic E-state index is 12.1. The molecule has 1 heterocycles. The Balaban J connectivity index is 1.66. The van der Waals surface area contributed by atoms with Crippen molar-refractivity contribution in [3.63, 3.8) is 0 Å². The highest BCUT2D eigenvalue weighted by Crippen LogP contribution is 2.23. The lowest BCUT2D eigenvalue weighted by atomic mass is 10.1. The Morgan fingerprint density at radius 1 is 1.04 bits per heavy atom. The van der Waals surface area contributed by atoms with E-state index >= 15 is 0 Å². The van der Waals surface area contributed by atoms with E-state index in [4.69, 9.17) is 23.2 Å². The summed E-state index contributed by atoms with van der Waals surface area (Å²) in [6.45, 7) is 0. The Bertz CT molecular complexity index is 831. The number of halogens is 2. The zero-order chi connectivity index (χ0) is 16.2. The van der Waals surface area contributed by atoms with E-state index in [1.54, 1.807) is 35.1 Å². The van der Waals surface area contributed by atoms with Gasteiger partial charge in [-0.15, -0.1) is 0 Å². The van der Waals surface area contributed by atoms with E-state index in [1.807, 2.05) is 30.3 Å². The number of amides is 1. The topological polar surface area (TPSA) is 46.9 Å². The monoisotopic (exact) mass is 345 g/mol. The van der Waals surface area contributed by atoms with Crippen LogP contribution in [0.25, 0.3) is 5.69 Å². The Hall–Kier alpha value is -2.30. The maximum absolute atomic E-state index is 12.1. The number of rotatable bonds is 4. The fourth-order valence-electron chi connectivity index (χ4n) is 2.14. The molecule has 0 aliphatic carbocycles. The van der Waals surface area contributed by atoms with E-state index < -0.39 is 0 Å². The van der Waals surface area contributed by atoms with Crippen molar-refractivity contribution in [1.29, 1.82) is 0 Å². The first-order valence-electron chi connectivity index (χ1n) is 6.97. The van der Waals surface area contributed by atoms with Crippen molar-refractivity contribution in [2.24, 2.45) is 0 Å². The Kier molecular flexibility index (Phi) is 4.65. The van der Waals surface area contributed by atoms with Crippen molar-refractivity contribution in [3.05, 3.63) is 76.4 Å². The molecule has 0 radical (unpaired) electrons. The zero-order valence-electron chi connectivity index (χ0n) is 12.0. The van der Waals surface area contributed by atoms with Gasteiger partial charge in [0.05, 0.1) is 22.2 Å². The van der Waals surface area contributed by atoms with Crippen LogP contribution >= 0.6 is 23.2 Å². The molecule has 0 saturated carbocycles. The van der Waals surface area contributed by atoms with Crippen molar-refractivity contribution in [3.8, 4) is 5.69 Å². The van der Waals surface area contributed by atoms with Crippen LogP contribution in [0, 0.1) is 0 Å². The number of benzene rings is 2. The van der Waals surface area contributed by atoms with Crippen molar-refractivity contribution < 1.29 is 4.79 Å². The van der Waals surface area contributed by atoms with Gasteiger partial charge in [-0.3, -0.25) is 4.79 Å². The van der Waals surface area contributed by atoms with Crippen LogP contribution in [0.1, 0.15) is 5.56 Å². The van der Waals surface area contributed by atoms with Gasteiger partial charge in [-0.05, 0) is 29.8 Å². The van der Waals surface area contributed by atoms with Gasteiger partial charge in [-0.2, -0.15) is 5.10 Å². The minimum absolute atomic E-state index is 0.165. The lowest BCUT2D eigenvalue weighted by Gasteiger charge is -2.04. The summed E-state index contributed by atoms with van der Waals surface area (Å²) in [4.78, 5) is 12.1. The number of carbonyl (C=O) groups excluding carboxylic acids is 1. The largest absolute Gasteiger partial charge is 0.309 e. The molecule has 0 saturated heterocycles. The molecule has 1 N–H and O–H groups in total. The lowest BCUT2D eigenvalue weighted by Crippen LogP contribution is -2.15. The molecule has 3 aromatic rings. The molecule has 0 bridgehead atoms. The Morgan fingerprint density at radius 3 is 2.57 bits per heavy atom. The quantitative estimate of drug-likeness (QED) is 0.763. The van der Waals surface area contributed by atoms with Gasteiger partial charge in [0.15, 0.2) is 5.82 Å². The van der Waals surface area contributed by atoms with E-state index in [9.17, 15) is 4.79 Å². The molecule has 4 nitrogen and oxygen atoms in total. The smallest absolute Gasteiger partial charge is 0.229 e. The number of nitrogens with zero attached hydrogens (tertiary/aromatic N) is 2. The number of carbonyl (C=O) groups is 1. The molecule has 0 spiro atoms. The standard InChI is InChI=1S/C17H13Cl2N3O/c18-14-7-6-12(10-15(14)19)11-17(23)20-16-8-9-22(21-16)13-4-2-1-3-5-13/h1-10H,11H2,(H,20,21,23). The number of nitrogens with one attached hydrogen (secondary N) is 1. The van der Waals surface area contributed by atoms with Gasteiger partial charge in [0.2, 0.25) is 5.91 Å². The first-order chi connectivity index (χ1) is 11.1. The molecule has 0 fully saturated rings.